The number of aliphatic hydroxyl groups excluding tert-OH is 4. The minimum Gasteiger partial charge on any atom is -0.474 e. The molecule has 0 unspecified atom stereocenters. The van der Waals surface area contributed by atoms with Gasteiger partial charge in [-0.3, -0.25) is 4.79 Å². The Labute approximate surface area is 155 Å². The number of carboxylic acids is 1. The van der Waals surface area contributed by atoms with Crippen LogP contribution in [0.3, 0.4) is 0 Å². The van der Waals surface area contributed by atoms with Crippen LogP contribution in [0, 0.1) is 6.92 Å². The molecule has 0 saturated carbocycles. The van der Waals surface area contributed by atoms with E-state index in [9.17, 15) is 30.0 Å². The number of aliphatic carboxylic acids is 1. The van der Waals surface area contributed by atoms with Crippen LogP contribution in [0.15, 0.2) is 24.5 Å². The number of ether oxygens (including phenoxy) is 1. The molecule has 10 nitrogen and oxygen atoms in total. The monoisotopic (exact) mass is 385 g/mol. The van der Waals surface area contributed by atoms with Gasteiger partial charge in [0.1, 0.15) is 18.3 Å². The second kappa shape index (κ2) is 8.28. The highest BCUT2D eigenvalue weighted by atomic mass is 16.6. The molecule has 0 bridgehead atoms. The van der Waals surface area contributed by atoms with E-state index in [4.69, 9.17) is 9.84 Å². The smallest absolute Gasteiger partial charge is 0.407 e. The normalized spacial score (nSPS) is 30.4. The fourth-order valence-corrected chi connectivity index (χ4v) is 3.23. The van der Waals surface area contributed by atoms with Crippen molar-refractivity contribution in [2.75, 3.05) is 6.61 Å². The largest absolute Gasteiger partial charge is 0.474 e. The van der Waals surface area contributed by atoms with Gasteiger partial charge in [-0.2, -0.15) is 4.57 Å². The maximum Gasteiger partial charge on any atom is 0.407 e. The summed E-state index contributed by atoms with van der Waals surface area (Å²) in [4.78, 5) is 23.6. The van der Waals surface area contributed by atoms with Crippen LogP contribution in [0.25, 0.3) is 0 Å². The number of aliphatic hydroxyl groups is 4. The van der Waals surface area contributed by atoms with E-state index in [2.05, 4.69) is 5.32 Å². The van der Waals surface area contributed by atoms with Crippen LogP contribution in [0.4, 0.5) is 0 Å². The summed E-state index contributed by atoms with van der Waals surface area (Å²) in [5.74, 6) is -1.96. The molecule has 1 aromatic heterocycles. The lowest BCUT2D eigenvalue weighted by Crippen LogP contribution is -2.74. The molecule has 1 fully saturated rings. The topological polar surface area (TPSA) is 160 Å². The number of carbonyl (C=O) groups is 2. The first-order valence-electron chi connectivity index (χ1n) is 8.44. The SMILES string of the molecule is CC(=O)N[C@H]1[C@H]([C@H](O)[C@H](O)CO)O[C@](C(=O)O)([n+]2cccc(C)c2)C[C@@H]1O. The summed E-state index contributed by atoms with van der Waals surface area (Å²) < 4.78 is 6.97. The van der Waals surface area contributed by atoms with E-state index in [1.165, 1.54) is 23.9 Å². The molecule has 2 heterocycles. The van der Waals surface area contributed by atoms with Gasteiger partial charge in [0.15, 0.2) is 12.4 Å². The van der Waals surface area contributed by atoms with Crippen molar-refractivity contribution >= 4 is 11.9 Å². The Morgan fingerprint density at radius 2 is 2.11 bits per heavy atom. The van der Waals surface area contributed by atoms with Crippen LogP contribution >= 0.6 is 0 Å². The fraction of sp³-hybridized carbons (Fsp3) is 0.588. The molecule has 1 aliphatic rings. The summed E-state index contributed by atoms with van der Waals surface area (Å²) in [5.41, 5.74) is -1.35. The molecule has 10 heteroatoms. The molecule has 6 atom stereocenters. The highest BCUT2D eigenvalue weighted by molar-refractivity contribution is 5.74. The first-order valence-corrected chi connectivity index (χ1v) is 8.44. The number of nitrogens with zero attached hydrogens (tertiary/aromatic N) is 1. The molecule has 1 saturated heterocycles. The third-order valence-electron chi connectivity index (χ3n) is 4.57. The number of carboxylic acid groups (broad SMARTS) is 1. The van der Waals surface area contributed by atoms with Gasteiger partial charge in [0.05, 0.1) is 25.2 Å². The molecule has 0 spiro atoms. The van der Waals surface area contributed by atoms with Gasteiger partial charge in [-0.15, -0.1) is 0 Å². The Morgan fingerprint density at radius 3 is 2.63 bits per heavy atom. The standard InChI is InChI=1S/C17H24N2O8/c1-9-4-3-5-19(7-9)17(16(25)26)6-11(22)13(18-10(2)21)15(27-17)14(24)12(23)8-20/h3-5,7,11-15,20,22-24H,6,8H2,1-2H3,(H-,18,21,25,26)/p+1/t11-,12+,13+,14+,15+,17+/m0/s1. The van der Waals surface area contributed by atoms with Crippen LogP contribution in [-0.4, -0.2) is 74.5 Å². The molecule has 27 heavy (non-hydrogen) atoms. The maximum absolute atomic E-state index is 12.1. The summed E-state index contributed by atoms with van der Waals surface area (Å²) >= 11 is 0. The van der Waals surface area contributed by atoms with Crippen molar-refractivity contribution < 1.29 is 44.4 Å². The lowest BCUT2D eigenvalue weighted by atomic mass is 9.87. The first-order chi connectivity index (χ1) is 12.6. The van der Waals surface area contributed by atoms with Gasteiger partial charge in [0.2, 0.25) is 5.91 Å². The van der Waals surface area contributed by atoms with Crippen molar-refractivity contribution in [1.82, 2.24) is 5.32 Å². The van der Waals surface area contributed by atoms with Gasteiger partial charge in [-0.25, -0.2) is 4.79 Å². The summed E-state index contributed by atoms with van der Waals surface area (Å²) in [6.07, 6.45) is -3.79. The zero-order chi connectivity index (χ0) is 20.4. The minimum absolute atomic E-state index is 0.417. The van der Waals surface area contributed by atoms with E-state index < -0.39 is 61.1 Å². The number of hydrogen-bond donors (Lipinski definition) is 6. The lowest BCUT2D eigenvalue weighted by molar-refractivity contribution is -0.801. The number of aryl methyl sites for hydroxylation is 1. The Kier molecular flexibility index (Phi) is 6.50. The number of carbonyl (C=O) groups excluding carboxylic acids is 1. The predicted molar refractivity (Wildman–Crippen MR) is 89.2 cm³/mol. The lowest BCUT2D eigenvalue weighted by Gasteiger charge is -2.43. The molecular weight excluding hydrogens is 360 g/mol. The van der Waals surface area contributed by atoms with E-state index in [0.29, 0.717) is 0 Å². The Bertz CT molecular complexity index is 699. The molecule has 6 N–H and O–H groups in total. The molecule has 0 aliphatic carbocycles. The van der Waals surface area contributed by atoms with Crippen LogP contribution in [0.5, 0.6) is 0 Å². The number of hydrogen-bond acceptors (Lipinski definition) is 7. The number of rotatable bonds is 6. The van der Waals surface area contributed by atoms with Crippen LogP contribution in [0.2, 0.25) is 0 Å². The third-order valence-corrected chi connectivity index (χ3v) is 4.57. The van der Waals surface area contributed by atoms with E-state index in [-0.39, 0.29) is 0 Å². The van der Waals surface area contributed by atoms with Gasteiger partial charge in [0.25, 0.3) is 0 Å². The van der Waals surface area contributed by atoms with Gasteiger partial charge in [-0.05, 0) is 13.0 Å². The Hall–Kier alpha value is -2.11. The van der Waals surface area contributed by atoms with E-state index in [0.717, 1.165) is 5.56 Å². The summed E-state index contributed by atoms with van der Waals surface area (Å²) in [5, 5.41) is 52.2. The number of nitrogens with one attached hydrogen (secondary N) is 1. The van der Waals surface area contributed by atoms with Gasteiger partial charge < -0.3 is 35.6 Å². The average molecular weight is 385 g/mol. The summed E-state index contributed by atoms with van der Waals surface area (Å²) in [6.45, 7) is 2.11. The maximum atomic E-state index is 12.1. The highest BCUT2D eigenvalue weighted by Gasteiger charge is 2.61. The molecule has 150 valence electrons. The fourth-order valence-electron chi connectivity index (χ4n) is 3.23. The molecule has 2 rings (SSSR count). The first kappa shape index (κ1) is 21.2. The van der Waals surface area contributed by atoms with Crippen LogP contribution in [0.1, 0.15) is 18.9 Å². The zero-order valence-electron chi connectivity index (χ0n) is 15.0. The van der Waals surface area contributed by atoms with Crippen molar-refractivity contribution in [3.05, 3.63) is 30.1 Å². The summed E-state index contributed by atoms with van der Waals surface area (Å²) in [6, 6.07) is 2.16. The van der Waals surface area contributed by atoms with Crippen LogP contribution in [-0.2, 0) is 20.1 Å². The molecule has 0 aromatic carbocycles. The Morgan fingerprint density at radius 1 is 1.44 bits per heavy atom. The predicted octanol–water partition coefficient (Wildman–Crippen LogP) is -2.61. The number of aromatic nitrogens is 1. The Balaban J connectivity index is 2.52. The van der Waals surface area contributed by atoms with Gasteiger partial charge >= 0.3 is 11.7 Å². The van der Waals surface area contributed by atoms with E-state index >= 15 is 0 Å². The van der Waals surface area contributed by atoms with E-state index in [1.54, 1.807) is 19.1 Å². The van der Waals surface area contributed by atoms with Gasteiger partial charge in [-0.1, -0.05) is 0 Å². The quantitative estimate of drug-likeness (QED) is 0.290. The van der Waals surface area contributed by atoms with Crippen molar-refractivity contribution in [2.24, 2.45) is 0 Å². The molecule has 1 aliphatic heterocycles. The van der Waals surface area contributed by atoms with E-state index in [1.807, 2.05) is 0 Å². The molecule has 0 radical (unpaired) electrons. The van der Waals surface area contributed by atoms with Gasteiger partial charge in [0, 0.05) is 18.6 Å². The minimum atomic E-state index is -2.08. The molecule has 1 amide bonds. The second-order valence-electron chi connectivity index (χ2n) is 6.70. The number of amides is 1. The average Bonchev–Trinajstić information content (AvgIpc) is 2.61. The zero-order valence-corrected chi connectivity index (χ0v) is 15.0. The molecular formula is C17H25N2O8+. The van der Waals surface area contributed by atoms with Crippen molar-refractivity contribution in [3.63, 3.8) is 0 Å². The molecule has 1 aromatic rings. The second-order valence-corrected chi connectivity index (χ2v) is 6.70. The van der Waals surface area contributed by atoms with Crippen molar-refractivity contribution in [1.29, 1.82) is 0 Å². The highest BCUT2D eigenvalue weighted by Crippen LogP contribution is 2.32. The van der Waals surface area contributed by atoms with Crippen molar-refractivity contribution in [3.8, 4) is 0 Å². The summed E-state index contributed by atoms with van der Waals surface area (Å²) in [7, 11) is 0. The van der Waals surface area contributed by atoms with Crippen LogP contribution < -0.4 is 9.88 Å². The third kappa shape index (κ3) is 4.25. The van der Waals surface area contributed by atoms with Crippen molar-refractivity contribution in [2.45, 2.75) is 56.5 Å². The number of pyridine rings is 1.